The summed E-state index contributed by atoms with van der Waals surface area (Å²) in [5.41, 5.74) is 2.83. The van der Waals surface area contributed by atoms with Crippen LogP contribution in [0.5, 0.6) is 0 Å². The quantitative estimate of drug-likeness (QED) is 0.106. The second-order valence-electron chi connectivity index (χ2n) is 13.9. The molecule has 216 valence electrons. The van der Waals surface area contributed by atoms with Crippen LogP contribution < -0.4 is 0 Å². The molecule has 38 heavy (non-hydrogen) atoms. The molecule has 0 saturated heterocycles. The van der Waals surface area contributed by atoms with Crippen LogP contribution in [0, 0.1) is 40.4 Å². The predicted molar refractivity (Wildman–Crippen MR) is 164 cm³/mol. The van der Waals surface area contributed by atoms with E-state index in [1.54, 1.807) is 12.7 Å². The Morgan fingerprint density at radius 2 is 1.92 bits per heavy atom. The van der Waals surface area contributed by atoms with Crippen molar-refractivity contribution in [3.8, 4) is 0 Å². The van der Waals surface area contributed by atoms with Gasteiger partial charge in [0.2, 0.25) is 0 Å². The number of methoxy groups -OCH3 is 1. The number of hydrogen-bond acceptors (Lipinski definition) is 4. The maximum Gasteiger partial charge on any atom is 0.147 e. The van der Waals surface area contributed by atoms with Gasteiger partial charge in [-0.25, -0.2) is 0 Å². The molecule has 0 aromatic rings. The zero-order valence-corrected chi connectivity index (χ0v) is 26.9. The minimum absolute atomic E-state index is 0.168. The second kappa shape index (κ2) is 12.3. The lowest BCUT2D eigenvalue weighted by atomic mass is 9.49. The molecule has 0 heterocycles. The van der Waals surface area contributed by atoms with Gasteiger partial charge >= 0.3 is 0 Å². The number of allylic oxidation sites excluding steroid dienone is 5. The van der Waals surface area contributed by atoms with E-state index in [2.05, 4.69) is 81.5 Å². The molecule has 4 nitrogen and oxygen atoms in total. The van der Waals surface area contributed by atoms with E-state index < -0.39 is 12.2 Å². The van der Waals surface area contributed by atoms with Gasteiger partial charge in [0.25, 0.3) is 0 Å². The average molecular weight is 641 g/mol. The Labute approximate surface area is 245 Å². The Bertz CT molecular complexity index is 909. The third-order valence-corrected chi connectivity index (χ3v) is 12.0. The molecule has 0 aromatic heterocycles. The molecule has 0 radical (unpaired) electrons. The lowest BCUT2D eigenvalue weighted by Gasteiger charge is -2.56. The van der Waals surface area contributed by atoms with Crippen LogP contribution in [-0.2, 0) is 9.47 Å². The molecule has 3 fully saturated rings. The van der Waals surface area contributed by atoms with E-state index >= 15 is 0 Å². The number of halogens is 1. The summed E-state index contributed by atoms with van der Waals surface area (Å²) in [7, 11) is 1.68. The van der Waals surface area contributed by atoms with Crippen molar-refractivity contribution in [3.63, 3.8) is 0 Å². The minimum Gasteiger partial charge on any atom is -0.393 e. The molecular weight excluding hydrogens is 587 g/mol. The largest absolute Gasteiger partial charge is 0.393 e. The molecular formula is C33H53IO4. The van der Waals surface area contributed by atoms with Gasteiger partial charge in [-0.1, -0.05) is 78.8 Å². The molecule has 4 rings (SSSR count). The zero-order chi connectivity index (χ0) is 27.7. The second-order valence-corrected chi connectivity index (χ2v) is 14.9. The van der Waals surface area contributed by atoms with Crippen LogP contribution in [0.3, 0.4) is 0 Å². The highest BCUT2D eigenvalue weighted by Crippen LogP contribution is 2.66. The summed E-state index contributed by atoms with van der Waals surface area (Å²) in [4.78, 5) is 0. The first-order valence-corrected chi connectivity index (χ1v) is 16.6. The number of alkyl halides is 1. The molecule has 9 atom stereocenters. The number of aliphatic hydroxyl groups excluding tert-OH is 2. The zero-order valence-electron chi connectivity index (χ0n) is 24.7. The van der Waals surface area contributed by atoms with E-state index in [1.807, 2.05) is 0 Å². The van der Waals surface area contributed by atoms with E-state index in [-0.39, 0.29) is 11.0 Å². The Hall–Kier alpha value is -0.210. The summed E-state index contributed by atoms with van der Waals surface area (Å²) in [5.74, 6) is 3.03. The predicted octanol–water partition coefficient (Wildman–Crippen LogP) is 7.63. The molecule has 5 heteroatoms. The fraction of sp³-hybridized carbons (Fsp3) is 0.818. The molecule has 0 bridgehead atoms. The van der Waals surface area contributed by atoms with Crippen molar-refractivity contribution in [1.29, 1.82) is 0 Å². The van der Waals surface area contributed by atoms with E-state index in [0.29, 0.717) is 42.3 Å². The van der Waals surface area contributed by atoms with E-state index in [4.69, 9.17) is 9.47 Å². The van der Waals surface area contributed by atoms with Crippen LogP contribution in [0.4, 0.5) is 0 Å². The van der Waals surface area contributed by atoms with Gasteiger partial charge in [0.05, 0.1) is 17.8 Å². The third-order valence-electron chi connectivity index (χ3n) is 11.3. The number of rotatable bonds is 11. The van der Waals surface area contributed by atoms with Gasteiger partial charge in [-0.2, -0.15) is 0 Å². The standard InChI is InChI=1S/C33H53IO4/c1-22(23(15-18-34)9-7-8-16-31(2,3)38-21-37-6)27-12-13-28-26-11-10-24-19-25(35)20-30(36)33(24,5)29(26)14-17-32(27,28)4/h7,9-11,22-23,25,27-30,35-36H,8,12-21H2,1-6H3/b9-7+/t22-,23-,25+,27+,28-,29-,30-,32+,33-/m0/s1. The van der Waals surface area contributed by atoms with Crippen molar-refractivity contribution >= 4 is 22.6 Å². The maximum atomic E-state index is 11.2. The van der Waals surface area contributed by atoms with Crippen LogP contribution in [-0.4, -0.2) is 46.4 Å². The van der Waals surface area contributed by atoms with Gasteiger partial charge in [0.15, 0.2) is 0 Å². The molecule has 4 aliphatic carbocycles. The summed E-state index contributed by atoms with van der Waals surface area (Å²) >= 11 is 2.55. The molecule has 0 aliphatic heterocycles. The van der Waals surface area contributed by atoms with Crippen molar-refractivity contribution in [2.75, 3.05) is 18.3 Å². The Balaban J connectivity index is 1.48. The fourth-order valence-corrected chi connectivity index (χ4v) is 9.62. The smallest absolute Gasteiger partial charge is 0.147 e. The van der Waals surface area contributed by atoms with Crippen LogP contribution in [0.15, 0.2) is 35.5 Å². The summed E-state index contributed by atoms with van der Waals surface area (Å²) in [6.07, 6.45) is 18.3. The highest BCUT2D eigenvalue weighted by atomic mass is 127. The van der Waals surface area contributed by atoms with Crippen LogP contribution in [0.25, 0.3) is 0 Å². The Morgan fingerprint density at radius 3 is 2.63 bits per heavy atom. The summed E-state index contributed by atoms with van der Waals surface area (Å²) in [5, 5.41) is 21.5. The Morgan fingerprint density at radius 1 is 1.16 bits per heavy atom. The first-order valence-electron chi connectivity index (χ1n) is 15.1. The van der Waals surface area contributed by atoms with Gasteiger partial charge < -0.3 is 19.7 Å². The summed E-state index contributed by atoms with van der Waals surface area (Å²) < 4.78 is 12.1. The summed E-state index contributed by atoms with van der Waals surface area (Å²) in [6.45, 7) is 12.0. The van der Waals surface area contributed by atoms with E-state index in [9.17, 15) is 10.2 Å². The van der Waals surface area contributed by atoms with Gasteiger partial charge in [-0.05, 0) is 100 Å². The lowest BCUT2D eigenvalue weighted by Crippen LogP contribution is -2.52. The van der Waals surface area contributed by atoms with Crippen molar-refractivity contribution in [2.45, 2.75) is 110 Å². The van der Waals surface area contributed by atoms with Crippen molar-refractivity contribution in [1.82, 2.24) is 0 Å². The number of aliphatic hydroxyl groups is 2. The van der Waals surface area contributed by atoms with Crippen molar-refractivity contribution in [3.05, 3.63) is 35.5 Å². The van der Waals surface area contributed by atoms with Crippen LogP contribution in [0.1, 0.15) is 92.4 Å². The average Bonchev–Trinajstić information content (AvgIpc) is 3.22. The number of ether oxygens (including phenoxy) is 2. The monoisotopic (exact) mass is 640 g/mol. The molecule has 0 aromatic carbocycles. The fourth-order valence-electron chi connectivity index (χ4n) is 8.90. The molecule has 2 N–H and O–H groups in total. The molecule has 4 aliphatic rings. The van der Waals surface area contributed by atoms with Gasteiger partial charge in [-0.15, -0.1) is 0 Å². The van der Waals surface area contributed by atoms with Crippen molar-refractivity contribution in [2.24, 2.45) is 40.4 Å². The number of fused-ring (bicyclic) bond motifs is 5. The van der Waals surface area contributed by atoms with Crippen LogP contribution >= 0.6 is 22.6 Å². The van der Waals surface area contributed by atoms with Gasteiger partial charge in [-0.3, -0.25) is 0 Å². The van der Waals surface area contributed by atoms with Crippen molar-refractivity contribution < 1.29 is 19.7 Å². The topological polar surface area (TPSA) is 58.9 Å². The Kier molecular flexibility index (Phi) is 9.99. The van der Waals surface area contributed by atoms with Gasteiger partial charge in [0.1, 0.15) is 6.79 Å². The minimum atomic E-state index is -0.449. The van der Waals surface area contributed by atoms with E-state index in [0.717, 1.165) is 31.6 Å². The lowest BCUT2D eigenvalue weighted by molar-refractivity contribution is -0.116. The highest BCUT2D eigenvalue weighted by Gasteiger charge is 2.59. The molecule has 3 saturated carbocycles. The van der Waals surface area contributed by atoms with Crippen LogP contribution in [0.2, 0.25) is 0 Å². The summed E-state index contributed by atoms with van der Waals surface area (Å²) in [6, 6.07) is 0. The number of hydrogen-bond donors (Lipinski definition) is 2. The third kappa shape index (κ3) is 5.89. The van der Waals surface area contributed by atoms with E-state index in [1.165, 1.54) is 35.7 Å². The van der Waals surface area contributed by atoms with Gasteiger partial charge in [0, 0.05) is 23.4 Å². The maximum absolute atomic E-state index is 11.2. The first kappa shape index (κ1) is 30.7. The molecule has 0 amide bonds. The molecule has 0 unspecified atom stereocenters. The molecule has 0 spiro atoms. The normalized spacial score (nSPS) is 38.7. The highest BCUT2D eigenvalue weighted by molar-refractivity contribution is 14.1. The first-order chi connectivity index (χ1) is 18.0. The SMILES string of the molecule is COCOC(C)(C)CC/C=C/[C@@H](CCI)[C@H](C)[C@H]1CC[C@H]2C3=CC=C4C[C@@H](O)C[C@H](O)[C@]4(C)[C@H]3CC[C@]12C.